The van der Waals surface area contributed by atoms with Crippen LogP contribution in [0.25, 0.3) is 0 Å². The lowest BCUT2D eigenvalue weighted by Gasteiger charge is -2.25. The van der Waals surface area contributed by atoms with E-state index in [0.717, 1.165) is 0 Å². The van der Waals surface area contributed by atoms with Gasteiger partial charge in [0.1, 0.15) is 0 Å². The average molecular weight is 212 g/mol. The van der Waals surface area contributed by atoms with E-state index in [0.29, 0.717) is 12.0 Å². The van der Waals surface area contributed by atoms with Crippen LogP contribution >= 0.6 is 0 Å². The third kappa shape index (κ3) is 4.20. The first kappa shape index (κ1) is 12.5. The molecule has 1 rings (SSSR count). The van der Waals surface area contributed by atoms with Crippen molar-refractivity contribution in [3.05, 3.63) is 0 Å². The zero-order valence-corrected chi connectivity index (χ0v) is 9.96. The second-order valence-corrected chi connectivity index (χ2v) is 4.83. The number of amides is 1. The fraction of sp³-hybridized carbons (Fsp3) is 0.917. The summed E-state index contributed by atoms with van der Waals surface area (Å²) in [5, 5.41) is 3.30. The normalized spacial score (nSPS) is 23.1. The number of carbonyl (C=O) groups is 1. The summed E-state index contributed by atoms with van der Waals surface area (Å²) in [7, 11) is 0. The van der Waals surface area contributed by atoms with Crippen LogP contribution < -0.4 is 11.1 Å². The smallest absolute Gasteiger partial charge is 0.234 e. The fourth-order valence-corrected chi connectivity index (χ4v) is 2.42. The molecule has 0 spiro atoms. The van der Waals surface area contributed by atoms with Crippen LogP contribution in [-0.2, 0) is 4.79 Å². The molecule has 0 bridgehead atoms. The minimum absolute atomic E-state index is 0.205. The van der Waals surface area contributed by atoms with Crippen LogP contribution in [0.3, 0.4) is 0 Å². The van der Waals surface area contributed by atoms with Gasteiger partial charge in [-0.15, -0.1) is 0 Å². The minimum Gasteiger partial charge on any atom is -0.368 e. The summed E-state index contributed by atoms with van der Waals surface area (Å²) in [6.07, 6.45) is 7.99. The zero-order chi connectivity index (χ0) is 11.3. The van der Waals surface area contributed by atoms with Gasteiger partial charge in [0.25, 0.3) is 0 Å². The Balaban J connectivity index is 2.37. The zero-order valence-electron chi connectivity index (χ0n) is 9.96. The summed E-state index contributed by atoms with van der Waals surface area (Å²) in [6, 6.07) is 0.203. The molecule has 0 aromatic rings. The van der Waals surface area contributed by atoms with Gasteiger partial charge in [0, 0.05) is 6.04 Å². The molecule has 0 aliphatic heterocycles. The summed E-state index contributed by atoms with van der Waals surface area (Å²) in [6.45, 7) is 4.02. The van der Waals surface area contributed by atoms with Crippen molar-refractivity contribution < 1.29 is 4.79 Å². The maximum absolute atomic E-state index is 10.9. The van der Waals surface area contributed by atoms with Crippen molar-refractivity contribution in [1.29, 1.82) is 0 Å². The SMILES string of the molecule is CC(N[C@@H](C)C1CCCCCC1)C(N)=O. The van der Waals surface area contributed by atoms with Gasteiger partial charge in [-0.3, -0.25) is 4.79 Å². The second kappa shape index (κ2) is 6.11. The summed E-state index contributed by atoms with van der Waals surface area (Å²) >= 11 is 0. The average Bonchev–Trinajstić information content (AvgIpc) is 2.45. The van der Waals surface area contributed by atoms with Gasteiger partial charge in [-0.25, -0.2) is 0 Å². The number of nitrogens with one attached hydrogen (secondary N) is 1. The van der Waals surface area contributed by atoms with E-state index < -0.39 is 0 Å². The highest BCUT2D eigenvalue weighted by molar-refractivity contribution is 5.79. The number of primary amides is 1. The number of carbonyl (C=O) groups excluding carboxylic acids is 1. The molecule has 2 atom stereocenters. The van der Waals surface area contributed by atoms with Crippen molar-refractivity contribution in [1.82, 2.24) is 5.32 Å². The van der Waals surface area contributed by atoms with Crippen molar-refractivity contribution in [3.63, 3.8) is 0 Å². The van der Waals surface area contributed by atoms with Crippen molar-refractivity contribution in [2.45, 2.75) is 64.5 Å². The van der Waals surface area contributed by atoms with E-state index in [9.17, 15) is 4.79 Å². The molecule has 0 aromatic heterocycles. The van der Waals surface area contributed by atoms with Crippen molar-refractivity contribution in [2.24, 2.45) is 11.7 Å². The fourth-order valence-electron chi connectivity index (χ4n) is 2.42. The molecular formula is C12H24N2O. The van der Waals surface area contributed by atoms with Gasteiger partial charge in [0.05, 0.1) is 6.04 Å². The van der Waals surface area contributed by atoms with Gasteiger partial charge in [0.15, 0.2) is 0 Å². The van der Waals surface area contributed by atoms with Gasteiger partial charge in [0.2, 0.25) is 5.91 Å². The Kier molecular flexibility index (Phi) is 5.09. The molecule has 1 aliphatic rings. The van der Waals surface area contributed by atoms with Gasteiger partial charge < -0.3 is 11.1 Å². The van der Waals surface area contributed by atoms with Crippen LogP contribution in [0.5, 0.6) is 0 Å². The summed E-state index contributed by atoms with van der Waals surface area (Å²) in [4.78, 5) is 10.9. The monoisotopic (exact) mass is 212 g/mol. The Morgan fingerprint density at radius 3 is 2.20 bits per heavy atom. The van der Waals surface area contributed by atoms with E-state index in [1.165, 1.54) is 38.5 Å². The number of nitrogens with two attached hydrogens (primary N) is 1. The summed E-state index contributed by atoms with van der Waals surface area (Å²) in [5.74, 6) is 0.463. The Morgan fingerprint density at radius 1 is 1.20 bits per heavy atom. The predicted molar refractivity (Wildman–Crippen MR) is 62.4 cm³/mol. The molecule has 88 valence electrons. The van der Waals surface area contributed by atoms with E-state index in [2.05, 4.69) is 12.2 Å². The molecule has 1 aliphatic carbocycles. The van der Waals surface area contributed by atoms with E-state index >= 15 is 0 Å². The third-order valence-electron chi connectivity index (χ3n) is 3.55. The number of hydrogen-bond donors (Lipinski definition) is 2. The first-order valence-corrected chi connectivity index (χ1v) is 6.16. The molecule has 15 heavy (non-hydrogen) atoms. The quantitative estimate of drug-likeness (QED) is 0.698. The lowest BCUT2D eigenvalue weighted by Crippen LogP contribution is -2.46. The van der Waals surface area contributed by atoms with Crippen molar-refractivity contribution in [2.75, 3.05) is 0 Å². The van der Waals surface area contributed by atoms with E-state index in [1.54, 1.807) is 0 Å². The highest BCUT2D eigenvalue weighted by Crippen LogP contribution is 2.25. The van der Waals surface area contributed by atoms with Gasteiger partial charge in [-0.1, -0.05) is 25.7 Å². The maximum atomic E-state index is 10.9. The molecule has 1 amide bonds. The molecule has 0 aromatic carbocycles. The molecule has 0 saturated heterocycles. The van der Waals surface area contributed by atoms with Crippen molar-refractivity contribution in [3.8, 4) is 0 Å². The standard InChI is InChI=1S/C12H24N2O/c1-9(14-10(2)12(13)15)11-7-5-3-4-6-8-11/h9-11,14H,3-8H2,1-2H3,(H2,13,15)/t9-,10?/m0/s1. The van der Waals surface area contributed by atoms with E-state index in [4.69, 9.17) is 5.73 Å². The Hall–Kier alpha value is -0.570. The summed E-state index contributed by atoms with van der Waals surface area (Å²) < 4.78 is 0. The molecule has 1 unspecified atom stereocenters. The van der Waals surface area contributed by atoms with Gasteiger partial charge in [-0.2, -0.15) is 0 Å². The molecular weight excluding hydrogens is 188 g/mol. The Bertz CT molecular complexity index is 198. The molecule has 1 fully saturated rings. The lowest BCUT2D eigenvalue weighted by atomic mass is 9.92. The topological polar surface area (TPSA) is 55.1 Å². The van der Waals surface area contributed by atoms with E-state index in [1.807, 2.05) is 6.92 Å². The van der Waals surface area contributed by atoms with Crippen molar-refractivity contribution >= 4 is 5.91 Å². The lowest BCUT2D eigenvalue weighted by molar-refractivity contribution is -0.119. The van der Waals surface area contributed by atoms with Crippen LogP contribution in [-0.4, -0.2) is 18.0 Å². The predicted octanol–water partition coefficient (Wildman–Crippen LogP) is 1.81. The van der Waals surface area contributed by atoms with Crippen LogP contribution in [0.15, 0.2) is 0 Å². The molecule has 3 N–H and O–H groups in total. The Labute approximate surface area is 92.8 Å². The third-order valence-corrected chi connectivity index (χ3v) is 3.55. The molecule has 3 heteroatoms. The van der Waals surface area contributed by atoms with Crippen LogP contribution in [0.2, 0.25) is 0 Å². The molecule has 0 radical (unpaired) electrons. The van der Waals surface area contributed by atoms with Gasteiger partial charge in [-0.05, 0) is 32.6 Å². The first-order valence-electron chi connectivity index (χ1n) is 6.16. The number of hydrogen-bond acceptors (Lipinski definition) is 2. The molecule has 1 saturated carbocycles. The molecule has 0 heterocycles. The van der Waals surface area contributed by atoms with Crippen LogP contribution in [0.4, 0.5) is 0 Å². The largest absolute Gasteiger partial charge is 0.368 e. The highest BCUT2D eigenvalue weighted by Gasteiger charge is 2.21. The highest BCUT2D eigenvalue weighted by atomic mass is 16.1. The second-order valence-electron chi connectivity index (χ2n) is 4.83. The number of rotatable bonds is 4. The molecule has 3 nitrogen and oxygen atoms in total. The van der Waals surface area contributed by atoms with Gasteiger partial charge >= 0.3 is 0 Å². The van der Waals surface area contributed by atoms with E-state index in [-0.39, 0.29) is 11.9 Å². The van der Waals surface area contributed by atoms with Crippen LogP contribution in [0.1, 0.15) is 52.4 Å². The first-order chi connectivity index (χ1) is 7.11. The van der Waals surface area contributed by atoms with Crippen LogP contribution in [0, 0.1) is 5.92 Å². The Morgan fingerprint density at radius 2 is 1.73 bits per heavy atom. The summed E-state index contributed by atoms with van der Waals surface area (Å²) in [5.41, 5.74) is 5.24. The maximum Gasteiger partial charge on any atom is 0.234 e. The minimum atomic E-state index is -0.254.